The second kappa shape index (κ2) is 10.2. The van der Waals surface area contributed by atoms with E-state index in [0.717, 1.165) is 19.3 Å². The number of alkyl halides is 2. The average Bonchev–Trinajstić information content (AvgIpc) is 2.75. The molecule has 1 aromatic carbocycles. The SMILES string of the molecule is CCCS(=O)(=O)N1CCN(C2(CNC(=O)c3ccccc3)CCCC(Cl)C2Cl)CC1. The maximum Gasteiger partial charge on any atom is 0.251 e. The number of carbonyl (C=O) groups is 1. The Hall–Kier alpha value is -0.860. The van der Waals surface area contributed by atoms with E-state index >= 15 is 0 Å². The molecular formula is C21H31Cl2N3O3S. The van der Waals surface area contributed by atoms with Crippen LogP contribution in [0.3, 0.4) is 0 Å². The van der Waals surface area contributed by atoms with Crippen molar-refractivity contribution in [1.29, 1.82) is 0 Å². The van der Waals surface area contributed by atoms with Crippen LogP contribution in [0.2, 0.25) is 0 Å². The molecule has 2 aliphatic rings. The van der Waals surface area contributed by atoms with Crippen molar-refractivity contribution in [1.82, 2.24) is 14.5 Å². The van der Waals surface area contributed by atoms with E-state index in [-0.39, 0.29) is 22.4 Å². The highest BCUT2D eigenvalue weighted by atomic mass is 35.5. The van der Waals surface area contributed by atoms with E-state index in [1.807, 2.05) is 25.1 Å². The first-order chi connectivity index (χ1) is 14.3. The van der Waals surface area contributed by atoms with Crippen molar-refractivity contribution >= 4 is 39.1 Å². The summed E-state index contributed by atoms with van der Waals surface area (Å²) in [7, 11) is -3.22. The summed E-state index contributed by atoms with van der Waals surface area (Å²) in [5.74, 6) is 0.0346. The smallest absolute Gasteiger partial charge is 0.251 e. The van der Waals surface area contributed by atoms with Crippen LogP contribution in [0.25, 0.3) is 0 Å². The van der Waals surface area contributed by atoms with Gasteiger partial charge in [0.2, 0.25) is 10.0 Å². The number of hydrogen-bond acceptors (Lipinski definition) is 4. The van der Waals surface area contributed by atoms with Crippen molar-refractivity contribution < 1.29 is 13.2 Å². The van der Waals surface area contributed by atoms with Gasteiger partial charge in [-0.25, -0.2) is 8.42 Å². The molecule has 9 heteroatoms. The summed E-state index contributed by atoms with van der Waals surface area (Å²) in [4.78, 5) is 14.9. The van der Waals surface area contributed by atoms with Gasteiger partial charge in [-0.2, -0.15) is 4.31 Å². The summed E-state index contributed by atoms with van der Waals surface area (Å²) < 4.78 is 26.5. The molecule has 1 aromatic rings. The minimum Gasteiger partial charge on any atom is -0.350 e. The van der Waals surface area contributed by atoms with Crippen LogP contribution in [0, 0.1) is 0 Å². The summed E-state index contributed by atoms with van der Waals surface area (Å²) in [5, 5.41) is 2.55. The first-order valence-corrected chi connectivity index (χ1v) is 13.1. The minimum atomic E-state index is -3.22. The molecule has 1 saturated heterocycles. The van der Waals surface area contributed by atoms with Crippen LogP contribution < -0.4 is 5.32 Å². The van der Waals surface area contributed by atoms with Gasteiger partial charge in [-0.05, 0) is 37.8 Å². The van der Waals surface area contributed by atoms with E-state index in [1.54, 1.807) is 16.4 Å². The lowest BCUT2D eigenvalue weighted by Crippen LogP contribution is -2.68. The van der Waals surface area contributed by atoms with Gasteiger partial charge < -0.3 is 5.32 Å². The van der Waals surface area contributed by atoms with Crippen LogP contribution in [0.1, 0.15) is 43.0 Å². The molecule has 1 amide bonds. The summed E-state index contributed by atoms with van der Waals surface area (Å²) >= 11 is 13.4. The van der Waals surface area contributed by atoms with Crippen LogP contribution in [0.5, 0.6) is 0 Å². The van der Waals surface area contributed by atoms with Gasteiger partial charge in [0, 0.05) is 38.3 Å². The van der Waals surface area contributed by atoms with E-state index in [0.29, 0.717) is 44.7 Å². The van der Waals surface area contributed by atoms with Crippen molar-refractivity contribution in [2.45, 2.75) is 48.9 Å². The number of halogens is 2. The van der Waals surface area contributed by atoms with Crippen LogP contribution >= 0.6 is 23.2 Å². The molecule has 0 aromatic heterocycles. The molecule has 1 aliphatic heterocycles. The molecule has 3 rings (SSSR count). The molecule has 168 valence electrons. The fourth-order valence-corrected chi connectivity index (χ4v) is 6.91. The lowest BCUT2D eigenvalue weighted by Gasteiger charge is -2.53. The molecule has 0 spiro atoms. The molecule has 30 heavy (non-hydrogen) atoms. The molecule has 1 N–H and O–H groups in total. The number of sulfonamides is 1. The van der Waals surface area contributed by atoms with Gasteiger partial charge in [0.05, 0.1) is 22.0 Å². The first-order valence-electron chi connectivity index (χ1n) is 10.6. The Morgan fingerprint density at radius 1 is 1.17 bits per heavy atom. The van der Waals surface area contributed by atoms with E-state index < -0.39 is 15.6 Å². The lowest BCUT2D eigenvalue weighted by molar-refractivity contribution is 0.0282. The fourth-order valence-electron chi connectivity index (χ4n) is 4.58. The Labute approximate surface area is 189 Å². The van der Waals surface area contributed by atoms with E-state index in [2.05, 4.69) is 10.2 Å². The second-order valence-electron chi connectivity index (χ2n) is 8.16. The maximum absolute atomic E-state index is 12.7. The Morgan fingerprint density at radius 2 is 1.83 bits per heavy atom. The average molecular weight is 476 g/mol. The van der Waals surface area contributed by atoms with E-state index in [1.165, 1.54) is 0 Å². The zero-order chi connectivity index (χ0) is 21.8. The Kier molecular flexibility index (Phi) is 8.07. The molecule has 1 saturated carbocycles. The number of amides is 1. The molecule has 0 radical (unpaired) electrons. The third-order valence-electron chi connectivity index (χ3n) is 6.24. The maximum atomic E-state index is 12.7. The summed E-state index contributed by atoms with van der Waals surface area (Å²) in [6, 6.07) is 9.10. The second-order valence-corrected chi connectivity index (χ2v) is 11.3. The topological polar surface area (TPSA) is 69.7 Å². The van der Waals surface area contributed by atoms with Crippen molar-refractivity contribution in [3.63, 3.8) is 0 Å². The standard InChI is InChI=1S/C21H31Cl2N3O3S/c1-2-15-30(28,29)26-13-11-25(12-14-26)21(10-6-9-18(22)19(21)23)16-24-20(27)17-7-4-3-5-8-17/h3-5,7-8,18-19H,2,6,9-16H2,1H3,(H,24,27). The van der Waals surface area contributed by atoms with Gasteiger partial charge in [-0.15, -0.1) is 23.2 Å². The molecule has 1 heterocycles. The van der Waals surface area contributed by atoms with Gasteiger partial charge in [-0.3, -0.25) is 9.69 Å². The number of benzene rings is 1. The monoisotopic (exact) mass is 475 g/mol. The predicted octanol–water partition coefficient (Wildman–Crippen LogP) is 2.91. The lowest BCUT2D eigenvalue weighted by atomic mass is 9.78. The highest BCUT2D eigenvalue weighted by molar-refractivity contribution is 7.89. The van der Waals surface area contributed by atoms with Crippen LogP contribution in [-0.2, 0) is 10.0 Å². The van der Waals surface area contributed by atoms with Crippen molar-refractivity contribution in [3.8, 4) is 0 Å². The van der Waals surface area contributed by atoms with Crippen molar-refractivity contribution in [3.05, 3.63) is 35.9 Å². The number of hydrogen-bond donors (Lipinski definition) is 1. The highest BCUT2D eigenvalue weighted by Crippen LogP contribution is 2.40. The van der Waals surface area contributed by atoms with Gasteiger partial charge in [0.25, 0.3) is 5.91 Å². The van der Waals surface area contributed by atoms with Gasteiger partial charge in [-0.1, -0.05) is 25.1 Å². The molecule has 6 nitrogen and oxygen atoms in total. The number of carbonyl (C=O) groups excluding carboxylic acids is 1. The largest absolute Gasteiger partial charge is 0.350 e. The number of nitrogens with zero attached hydrogens (tertiary/aromatic N) is 2. The van der Waals surface area contributed by atoms with Gasteiger partial charge in [0.15, 0.2) is 0 Å². The summed E-state index contributed by atoms with van der Waals surface area (Å²) in [5.41, 5.74) is 0.115. The van der Waals surface area contributed by atoms with Crippen LogP contribution in [0.15, 0.2) is 30.3 Å². The van der Waals surface area contributed by atoms with Crippen LogP contribution in [0.4, 0.5) is 0 Å². The Bertz CT molecular complexity index is 816. The predicted molar refractivity (Wildman–Crippen MR) is 122 cm³/mol. The zero-order valence-corrected chi connectivity index (χ0v) is 19.7. The number of nitrogens with one attached hydrogen (secondary N) is 1. The molecule has 3 atom stereocenters. The highest BCUT2D eigenvalue weighted by Gasteiger charge is 2.49. The van der Waals surface area contributed by atoms with Gasteiger partial charge >= 0.3 is 0 Å². The summed E-state index contributed by atoms with van der Waals surface area (Å²) in [6.07, 6.45) is 3.19. The number of piperazine rings is 1. The normalized spacial score (nSPS) is 28.9. The van der Waals surface area contributed by atoms with Gasteiger partial charge in [0.1, 0.15) is 0 Å². The molecular weight excluding hydrogens is 445 g/mol. The first kappa shape index (κ1) is 23.8. The fraction of sp³-hybridized carbons (Fsp3) is 0.667. The zero-order valence-electron chi connectivity index (χ0n) is 17.4. The quantitative estimate of drug-likeness (QED) is 0.615. The van der Waals surface area contributed by atoms with Crippen molar-refractivity contribution in [2.75, 3.05) is 38.5 Å². The number of rotatable bonds is 7. The molecule has 1 aliphatic carbocycles. The molecule has 2 fully saturated rings. The van der Waals surface area contributed by atoms with E-state index in [9.17, 15) is 13.2 Å². The third kappa shape index (κ3) is 5.13. The van der Waals surface area contributed by atoms with Crippen LogP contribution in [-0.4, -0.2) is 78.3 Å². The summed E-state index contributed by atoms with van der Waals surface area (Å²) in [6.45, 7) is 4.30. The Balaban J connectivity index is 1.74. The van der Waals surface area contributed by atoms with E-state index in [4.69, 9.17) is 23.2 Å². The third-order valence-corrected chi connectivity index (χ3v) is 9.62. The van der Waals surface area contributed by atoms with Crippen molar-refractivity contribution in [2.24, 2.45) is 0 Å². The molecule has 3 unspecified atom stereocenters. The Morgan fingerprint density at radius 3 is 2.47 bits per heavy atom. The minimum absolute atomic E-state index is 0.139. The molecule has 0 bridgehead atoms.